The largest absolute Gasteiger partial charge is 0.494 e. The van der Waals surface area contributed by atoms with Gasteiger partial charge >= 0.3 is 5.97 Å². The van der Waals surface area contributed by atoms with Gasteiger partial charge in [0.2, 0.25) is 0 Å². The summed E-state index contributed by atoms with van der Waals surface area (Å²) in [5.41, 5.74) is 5.94. The third-order valence-electron chi connectivity index (χ3n) is 7.36. The van der Waals surface area contributed by atoms with Crippen molar-refractivity contribution >= 4 is 17.9 Å². The number of aliphatic imine (C=N–C) groups is 1. The maximum atomic E-state index is 12.2. The number of hydrogen-bond donors (Lipinski definition) is 0. The molecule has 0 radical (unpaired) electrons. The van der Waals surface area contributed by atoms with Gasteiger partial charge in [-0.3, -0.25) is 4.99 Å². The second kappa shape index (κ2) is 16.9. The molecular formula is C38H43NO4. The number of aryl methyl sites for hydroxylation is 1. The number of rotatable bonds is 16. The number of carbonyl (C=O) groups is 1. The SMILES string of the molecule is CCC(C)COC(=O)c1ccc(-c2ccc(OCCCCCCOc3ccc(C=Nc4ccc(C)cc4)cc3)cc2)cc1. The first-order valence-electron chi connectivity index (χ1n) is 15.3. The lowest BCUT2D eigenvalue weighted by molar-refractivity contribution is 0.0447. The normalized spacial score (nSPS) is 11.8. The zero-order valence-electron chi connectivity index (χ0n) is 25.6. The van der Waals surface area contributed by atoms with Gasteiger partial charge in [0.1, 0.15) is 11.5 Å². The van der Waals surface area contributed by atoms with Crippen LogP contribution in [0.2, 0.25) is 0 Å². The summed E-state index contributed by atoms with van der Waals surface area (Å²) in [5, 5.41) is 0. The van der Waals surface area contributed by atoms with Crippen molar-refractivity contribution in [1.29, 1.82) is 0 Å². The van der Waals surface area contributed by atoms with Crippen LogP contribution in [0.25, 0.3) is 11.1 Å². The van der Waals surface area contributed by atoms with E-state index >= 15 is 0 Å². The first kappa shape index (κ1) is 31.6. The van der Waals surface area contributed by atoms with Gasteiger partial charge in [-0.2, -0.15) is 0 Å². The molecule has 0 saturated carbocycles. The van der Waals surface area contributed by atoms with Crippen LogP contribution in [0.1, 0.15) is 67.4 Å². The maximum absolute atomic E-state index is 12.2. The first-order chi connectivity index (χ1) is 21.0. The molecule has 1 atom stereocenters. The Morgan fingerprint density at radius 1 is 0.721 bits per heavy atom. The summed E-state index contributed by atoms with van der Waals surface area (Å²) in [6.07, 6.45) is 7.09. The van der Waals surface area contributed by atoms with Gasteiger partial charge in [-0.25, -0.2) is 4.79 Å². The van der Waals surface area contributed by atoms with Crippen LogP contribution in [0, 0.1) is 12.8 Å². The van der Waals surface area contributed by atoms with Gasteiger partial charge in [0, 0.05) is 6.21 Å². The lowest BCUT2D eigenvalue weighted by Gasteiger charge is -2.10. The monoisotopic (exact) mass is 577 g/mol. The molecule has 224 valence electrons. The molecule has 0 bridgehead atoms. The Labute approximate surface area is 256 Å². The highest BCUT2D eigenvalue weighted by molar-refractivity contribution is 5.90. The quantitative estimate of drug-likeness (QED) is 0.0756. The van der Waals surface area contributed by atoms with E-state index in [1.54, 1.807) is 0 Å². The van der Waals surface area contributed by atoms with Gasteiger partial charge in [0.15, 0.2) is 0 Å². The van der Waals surface area contributed by atoms with E-state index in [0.717, 1.165) is 66.0 Å². The Morgan fingerprint density at radius 3 is 1.81 bits per heavy atom. The molecule has 1 unspecified atom stereocenters. The van der Waals surface area contributed by atoms with Crippen molar-refractivity contribution in [1.82, 2.24) is 0 Å². The van der Waals surface area contributed by atoms with Crippen molar-refractivity contribution in [3.05, 3.63) is 114 Å². The lowest BCUT2D eigenvalue weighted by atomic mass is 10.0. The molecule has 0 amide bonds. The van der Waals surface area contributed by atoms with Gasteiger partial charge in [-0.15, -0.1) is 0 Å². The summed E-state index contributed by atoms with van der Waals surface area (Å²) in [5.74, 6) is 1.85. The zero-order valence-corrected chi connectivity index (χ0v) is 25.6. The summed E-state index contributed by atoms with van der Waals surface area (Å²) in [6.45, 7) is 8.10. The summed E-state index contributed by atoms with van der Waals surface area (Å²) in [4.78, 5) is 16.8. The summed E-state index contributed by atoms with van der Waals surface area (Å²) < 4.78 is 17.2. The van der Waals surface area contributed by atoms with Crippen LogP contribution in [0.4, 0.5) is 5.69 Å². The maximum Gasteiger partial charge on any atom is 0.338 e. The molecule has 5 heteroatoms. The van der Waals surface area contributed by atoms with Crippen molar-refractivity contribution in [2.75, 3.05) is 19.8 Å². The van der Waals surface area contributed by atoms with E-state index in [9.17, 15) is 4.79 Å². The van der Waals surface area contributed by atoms with Gasteiger partial charge in [-0.1, -0.05) is 62.2 Å². The Kier molecular flexibility index (Phi) is 12.4. The minimum Gasteiger partial charge on any atom is -0.494 e. The van der Waals surface area contributed by atoms with Crippen LogP contribution < -0.4 is 9.47 Å². The Morgan fingerprint density at radius 2 is 1.26 bits per heavy atom. The van der Waals surface area contributed by atoms with Crippen LogP contribution in [0.15, 0.2) is 102 Å². The van der Waals surface area contributed by atoms with Gasteiger partial charge < -0.3 is 14.2 Å². The molecule has 0 aliphatic heterocycles. The number of unbranched alkanes of at least 4 members (excludes halogenated alkanes) is 3. The van der Waals surface area contributed by atoms with E-state index in [0.29, 0.717) is 31.3 Å². The lowest BCUT2D eigenvalue weighted by Crippen LogP contribution is -2.11. The van der Waals surface area contributed by atoms with Gasteiger partial charge in [0.05, 0.1) is 31.1 Å². The number of ether oxygens (including phenoxy) is 3. The van der Waals surface area contributed by atoms with E-state index in [4.69, 9.17) is 14.2 Å². The Balaban J connectivity index is 1.08. The number of benzene rings is 4. The fourth-order valence-corrected chi connectivity index (χ4v) is 4.33. The molecule has 43 heavy (non-hydrogen) atoms. The van der Waals surface area contributed by atoms with Crippen molar-refractivity contribution < 1.29 is 19.0 Å². The van der Waals surface area contributed by atoms with Crippen LogP contribution in [-0.2, 0) is 4.74 Å². The average molecular weight is 578 g/mol. The fraction of sp³-hybridized carbons (Fsp3) is 0.316. The summed E-state index contributed by atoms with van der Waals surface area (Å²) in [6, 6.07) is 31.9. The molecule has 0 aliphatic carbocycles. The summed E-state index contributed by atoms with van der Waals surface area (Å²) in [7, 11) is 0. The van der Waals surface area contributed by atoms with E-state index in [1.165, 1.54) is 5.56 Å². The number of hydrogen-bond acceptors (Lipinski definition) is 5. The first-order valence-corrected chi connectivity index (χ1v) is 15.3. The zero-order chi connectivity index (χ0) is 30.3. The molecule has 0 aromatic heterocycles. The molecule has 0 fully saturated rings. The molecule has 0 N–H and O–H groups in total. The molecule has 4 aromatic rings. The molecule has 4 rings (SSSR count). The summed E-state index contributed by atoms with van der Waals surface area (Å²) >= 11 is 0. The van der Waals surface area contributed by atoms with Crippen LogP contribution in [-0.4, -0.2) is 32.0 Å². The number of carbonyl (C=O) groups excluding carboxylic acids is 1. The highest BCUT2D eigenvalue weighted by Crippen LogP contribution is 2.23. The second-order valence-corrected chi connectivity index (χ2v) is 11.0. The smallest absolute Gasteiger partial charge is 0.338 e. The van der Waals surface area contributed by atoms with E-state index in [-0.39, 0.29) is 5.97 Å². The van der Waals surface area contributed by atoms with Crippen LogP contribution in [0.5, 0.6) is 11.5 Å². The minimum absolute atomic E-state index is 0.269. The number of esters is 1. The van der Waals surface area contributed by atoms with Crippen molar-refractivity contribution in [3.8, 4) is 22.6 Å². The van der Waals surface area contributed by atoms with Crippen LogP contribution >= 0.6 is 0 Å². The molecular weight excluding hydrogens is 534 g/mol. The highest BCUT2D eigenvalue weighted by Gasteiger charge is 2.09. The van der Waals surface area contributed by atoms with E-state index in [1.807, 2.05) is 91.1 Å². The highest BCUT2D eigenvalue weighted by atomic mass is 16.5. The number of nitrogens with zero attached hydrogens (tertiary/aromatic N) is 1. The van der Waals surface area contributed by atoms with E-state index in [2.05, 4.69) is 37.9 Å². The molecule has 4 aromatic carbocycles. The second-order valence-electron chi connectivity index (χ2n) is 11.0. The standard InChI is InChI=1S/C38H43NO4/c1-4-29(2)28-43-38(40)34-15-13-32(14-16-34)33-17-23-37(24-18-33)42-26-8-6-5-7-25-41-36-21-11-31(12-22-36)27-39-35-19-9-30(3)10-20-35/h9-24,27,29H,4-8,25-26,28H2,1-3H3. The third-order valence-corrected chi connectivity index (χ3v) is 7.36. The Bertz CT molecular complexity index is 1410. The van der Waals surface area contributed by atoms with Crippen molar-refractivity contribution in [2.24, 2.45) is 10.9 Å². The molecule has 0 spiro atoms. The molecule has 5 nitrogen and oxygen atoms in total. The average Bonchev–Trinajstić information content (AvgIpc) is 3.05. The van der Waals surface area contributed by atoms with Gasteiger partial charge in [-0.05, 0) is 116 Å². The third kappa shape index (κ3) is 10.8. The predicted octanol–water partition coefficient (Wildman–Crippen LogP) is 9.63. The molecule has 0 saturated heterocycles. The molecule has 0 heterocycles. The van der Waals surface area contributed by atoms with Crippen LogP contribution in [0.3, 0.4) is 0 Å². The van der Waals surface area contributed by atoms with E-state index < -0.39 is 0 Å². The van der Waals surface area contributed by atoms with Gasteiger partial charge in [0.25, 0.3) is 0 Å². The molecule has 0 aliphatic rings. The minimum atomic E-state index is -0.269. The van der Waals surface area contributed by atoms with Crippen molar-refractivity contribution in [3.63, 3.8) is 0 Å². The fourth-order valence-electron chi connectivity index (χ4n) is 4.33. The van der Waals surface area contributed by atoms with Crippen molar-refractivity contribution in [2.45, 2.75) is 52.9 Å². The topological polar surface area (TPSA) is 57.1 Å². The predicted molar refractivity (Wildman–Crippen MR) is 176 cm³/mol. The Hall–Kier alpha value is -4.38.